The van der Waals surface area contributed by atoms with Crippen molar-refractivity contribution < 1.29 is 4.79 Å². The van der Waals surface area contributed by atoms with Gasteiger partial charge in [0.15, 0.2) is 0 Å². The minimum absolute atomic E-state index is 0.249. The normalized spacial score (nSPS) is 12.2. The summed E-state index contributed by atoms with van der Waals surface area (Å²) in [5, 5.41) is 0. The Balaban J connectivity index is 2.83. The van der Waals surface area contributed by atoms with Crippen molar-refractivity contribution in [3.8, 4) is 0 Å². The van der Waals surface area contributed by atoms with Gasteiger partial charge in [0.25, 0.3) is 5.91 Å². The number of hydrogen-bond acceptors (Lipinski definition) is 2. The lowest BCUT2D eigenvalue weighted by Gasteiger charge is -2.08. The SMILES string of the molecule is CCC(C)c1ccc(C(=O)NN)cc1. The Morgan fingerprint density at radius 3 is 2.43 bits per heavy atom. The lowest BCUT2D eigenvalue weighted by Crippen LogP contribution is -2.29. The smallest absolute Gasteiger partial charge is 0.265 e. The van der Waals surface area contributed by atoms with E-state index in [0.29, 0.717) is 11.5 Å². The molecule has 1 unspecified atom stereocenters. The highest BCUT2D eigenvalue weighted by molar-refractivity contribution is 5.93. The zero-order valence-corrected chi connectivity index (χ0v) is 8.58. The van der Waals surface area contributed by atoms with Crippen LogP contribution in [0.15, 0.2) is 24.3 Å². The number of hydrogen-bond donors (Lipinski definition) is 2. The maximum absolute atomic E-state index is 11.1. The zero-order valence-electron chi connectivity index (χ0n) is 8.58. The van der Waals surface area contributed by atoms with Crippen LogP contribution < -0.4 is 11.3 Å². The molecule has 0 radical (unpaired) electrons. The van der Waals surface area contributed by atoms with Gasteiger partial charge in [0, 0.05) is 5.56 Å². The van der Waals surface area contributed by atoms with Crippen molar-refractivity contribution in [3.05, 3.63) is 35.4 Å². The second-order valence-electron chi connectivity index (χ2n) is 3.40. The summed E-state index contributed by atoms with van der Waals surface area (Å²) in [6.07, 6.45) is 1.10. The molecule has 3 heteroatoms. The fourth-order valence-electron chi connectivity index (χ4n) is 1.28. The van der Waals surface area contributed by atoms with Gasteiger partial charge >= 0.3 is 0 Å². The number of nitrogens with two attached hydrogens (primary N) is 1. The molecular formula is C11H16N2O. The van der Waals surface area contributed by atoms with Crippen LogP contribution in [-0.2, 0) is 0 Å². The van der Waals surface area contributed by atoms with Gasteiger partial charge in [-0.05, 0) is 30.0 Å². The average Bonchev–Trinajstić information content (AvgIpc) is 2.27. The van der Waals surface area contributed by atoms with Crippen molar-refractivity contribution >= 4 is 5.91 Å². The van der Waals surface area contributed by atoms with E-state index >= 15 is 0 Å². The first-order chi connectivity index (χ1) is 6.69. The third kappa shape index (κ3) is 2.33. The predicted molar refractivity (Wildman–Crippen MR) is 56.8 cm³/mol. The molecular weight excluding hydrogens is 176 g/mol. The molecule has 0 heterocycles. The highest BCUT2D eigenvalue weighted by Crippen LogP contribution is 2.18. The standard InChI is InChI=1S/C11H16N2O/c1-3-8(2)9-4-6-10(7-5-9)11(14)13-12/h4-8H,3,12H2,1-2H3,(H,13,14). The number of hydrazine groups is 1. The minimum atomic E-state index is -0.249. The zero-order chi connectivity index (χ0) is 10.6. The summed E-state index contributed by atoms with van der Waals surface area (Å²) >= 11 is 0. The molecule has 0 saturated carbocycles. The van der Waals surface area contributed by atoms with Crippen LogP contribution in [0.3, 0.4) is 0 Å². The van der Waals surface area contributed by atoms with Gasteiger partial charge in [-0.25, -0.2) is 5.84 Å². The monoisotopic (exact) mass is 192 g/mol. The Hall–Kier alpha value is -1.35. The molecule has 0 aliphatic rings. The van der Waals surface area contributed by atoms with E-state index in [1.165, 1.54) is 5.56 Å². The summed E-state index contributed by atoms with van der Waals surface area (Å²) in [6, 6.07) is 7.53. The van der Waals surface area contributed by atoms with Gasteiger partial charge in [-0.3, -0.25) is 10.2 Å². The van der Waals surface area contributed by atoms with Crippen LogP contribution in [0.1, 0.15) is 42.1 Å². The first-order valence-corrected chi connectivity index (χ1v) is 4.80. The molecule has 0 aromatic heterocycles. The van der Waals surface area contributed by atoms with Crippen LogP contribution in [-0.4, -0.2) is 5.91 Å². The van der Waals surface area contributed by atoms with Gasteiger partial charge in [0.2, 0.25) is 0 Å². The number of nitrogens with one attached hydrogen (secondary N) is 1. The van der Waals surface area contributed by atoms with Crippen molar-refractivity contribution in [1.29, 1.82) is 0 Å². The quantitative estimate of drug-likeness (QED) is 0.436. The van der Waals surface area contributed by atoms with Gasteiger partial charge in [0.05, 0.1) is 0 Å². The van der Waals surface area contributed by atoms with Crippen LogP contribution in [0.4, 0.5) is 0 Å². The number of nitrogen functional groups attached to an aromatic ring is 1. The summed E-state index contributed by atoms with van der Waals surface area (Å²) < 4.78 is 0. The summed E-state index contributed by atoms with van der Waals surface area (Å²) in [7, 11) is 0. The van der Waals surface area contributed by atoms with Crippen molar-refractivity contribution in [2.24, 2.45) is 5.84 Å². The molecule has 1 atom stereocenters. The van der Waals surface area contributed by atoms with E-state index in [2.05, 4.69) is 19.3 Å². The number of carbonyl (C=O) groups is 1. The summed E-state index contributed by atoms with van der Waals surface area (Å²) in [6.45, 7) is 4.31. The predicted octanol–water partition coefficient (Wildman–Crippen LogP) is 1.80. The van der Waals surface area contributed by atoms with Crippen LogP contribution in [0.2, 0.25) is 0 Å². The molecule has 0 aliphatic heterocycles. The molecule has 1 aromatic rings. The lowest BCUT2D eigenvalue weighted by molar-refractivity contribution is 0.0953. The lowest BCUT2D eigenvalue weighted by atomic mass is 9.97. The molecule has 3 nitrogen and oxygen atoms in total. The Labute approximate surface area is 84.3 Å². The Morgan fingerprint density at radius 2 is 2.00 bits per heavy atom. The van der Waals surface area contributed by atoms with Gasteiger partial charge in [-0.2, -0.15) is 0 Å². The molecule has 0 spiro atoms. The van der Waals surface area contributed by atoms with E-state index in [1.807, 2.05) is 12.1 Å². The second-order valence-corrected chi connectivity index (χ2v) is 3.40. The molecule has 1 aromatic carbocycles. The molecule has 0 aliphatic carbocycles. The van der Waals surface area contributed by atoms with Crippen molar-refractivity contribution in [2.75, 3.05) is 0 Å². The van der Waals surface area contributed by atoms with E-state index in [1.54, 1.807) is 12.1 Å². The molecule has 76 valence electrons. The molecule has 0 bridgehead atoms. The molecule has 1 amide bonds. The van der Waals surface area contributed by atoms with Gasteiger partial charge in [0.1, 0.15) is 0 Å². The maximum atomic E-state index is 11.1. The number of amides is 1. The highest BCUT2D eigenvalue weighted by atomic mass is 16.2. The van der Waals surface area contributed by atoms with Crippen LogP contribution >= 0.6 is 0 Å². The number of carbonyl (C=O) groups excluding carboxylic acids is 1. The maximum Gasteiger partial charge on any atom is 0.265 e. The van der Waals surface area contributed by atoms with E-state index in [4.69, 9.17) is 5.84 Å². The van der Waals surface area contributed by atoms with Gasteiger partial charge in [-0.15, -0.1) is 0 Å². The molecule has 14 heavy (non-hydrogen) atoms. The average molecular weight is 192 g/mol. The van der Waals surface area contributed by atoms with Gasteiger partial charge in [-0.1, -0.05) is 26.0 Å². The summed E-state index contributed by atoms with van der Waals surface area (Å²) in [4.78, 5) is 11.1. The Morgan fingerprint density at radius 1 is 1.43 bits per heavy atom. The van der Waals surface area contributed by atoms with Crippen LogP contribution in [0.25, 0.3) is 0 Å². The van der Waals surface area contributed by atoms with Crippen molar-refractivity contribution in [2.45, 2.75) is 26.2 Å². The summed E-state index contributed by atoms with van der Waals surface area (Å²) in [5.41, 5.74) is 3.95. The third-order valence-electron chi connectivity index (χ3n) is 2.49. The van der Waals surface area contributed by atoms with Crippen molar-refractivity contribution in [3.63, 3.8) is 0 Å². The Bertz CT molecular complexity index is 306. The highest BCUT2D eigenvalue weighted by Gasteiger charge is 2.05. The fourth-order valence-corrected chi connectivity index (χ4v) is 1.28. The molecule has 0 saturated heterocycles. The first-order valence-electron chi connectivity index (χ1n) is 4.80. The van der Waals surface area contributed by atoms with Crippen LogP contribution in [0.5, 0.6) is 0 Å². The first kappa shape index (κ1) is 10.7. The largest absolute Gasteiger partial charge is 0.290 e. The topological polar surface area (TPSA) is 55.1 Å². The molecule has 3 N–H and O–H groups in total. The Kier molecular flexibility index (Phi) is 3.65. The van der Waals surface area contributed by atoms with E-state index in [9.17, 15) is 4.79 Å². The number of benzene rings is 1. The van der Waals surface area contributed by atoms with E-state index in [0.717, 1.165) is 6.42 Å². The van der Waals surface area contributed by atoms with Crippen molar-refractivity contribution in [1.82, 2.24) is 5.43 Å². The van der Waals surface area contributed by atoms with E-state index in [-0.39, 0.29) is 5.91 Å². The molecule has 1 rings (SSSR count). The third-order valence-corrected chi connectivity index (χ3v) is 2.49. The van der Waals surface area contributed by atoms with Gasteiger partial charge < -0.3 is 0 Å². The fraction of sp³-hybridized carbons (Fsp3) is 0.364. The minimum Gasteiger partial charge on any atom is -0.290 e. The van der Waals surface area contributed by atoms with E-state index < -0.39 is 0 Å². The molecule has 0 fully saturated rings. The number of rotatable bonds is 3. The van der Waals surface area contributed by atoms with Crippen LogP contribution in [0, 0.1) is 0 Å². The summed E-state index contributed by atoms with van der Waals surface area (Å²) in [5.74, 6) is 5.31. The second kappa shape index (κ2) is 4.77.